The maximum atomic E-state index is 13.9. The molecule has 0 aromatic heterocycles. The zero-order chi connectivity index (χ0) is 34.3. The molecule has 0 aliphatic carbocycles. The van der Waals surface area contributed by atoms with Gasteiger partial charge in [-0.15, -0.1) is 0 Å². The van der Waals surface area contributed by atoms with Gasteiger partial charge in [-0.05, 0) is 62.0 Å². The lowest BCUT2D eigenvalue weighted by Crippen LogP contribution is -2.61. The summed E-state index contributed by atoms with van der Waals surface area (Å²) in [5.41, 5.74) is 2.20. The Labute approximate surface area is 295 Å². The van der Waals surface area contributed by atoms with E-state index in [9.17, 15) is 9.59 Å². The Bertz CT molecular complexity index is 1350. The van der Waals surface area contributed by atoms with Gasteiger partial charge in [0.05, 0.1) is 61.0 Å². The van der Waals surface area contributed by atoms with Crippen LogP contribution in [-0.4, -0.2) is 117 Å². The van der Waals surface area contributed by atoms with Gasteiger partial charge in [-0.3, -0.25) is 4.79 Å². The highest BCUT2D eigenvalue weighted by Gasteiger charge is 2.68. The van der Waals surface area contributed by atoms with Gasteiger partial charge < -0.3 is 47.4 Å². The maximum absolute atomic E-state index is 13.9. The number of methoxy groups -OCH3 is 1. The molecule has 276 valence electrons. The maximum Gasteiger partial charge on any atom is 0.172 e. The summed E-state index contributed by atoms with van der Waals surface area (Å²) in [5.74, 6) is -0.608. The smallest absolute Gasteiger partial charge is 0.172 e. The van der Waals surface area contributed by atoms with E-state index in [2.05, 4.69) is 20.1 Å². The van der Waals surface area contributed by atoms with Crippen molar-refractivity contribution in [2.45, 2.75) is 188 Å². The lowest BCUT2D eigenvalue weighted by Gasteiger charge is -2.47. The van der Waals surface area contributed by atoms with Crippen molar-refractivity contribution in [2.75, 3.05) is 7.11 Å². The van der Waals surface area contributed by atoms with Crippen molar-refractivity contribution in [3.63, 3.8) is 0 Å². The molecule has 10 aliphatic rings. The van der Waals surface area contributed by atoms with Gasteiger partial charge in [0.15, 0.2) is 5.79 Å². The first-order valence-corrected chi connectivity index (χ1v) is 19.3. The molecule has 10 aliphatic heterocycles. The van der Waals surface area contributed by atoms with Gasteiger partial charge in [0.25, 0.3) is 0 Å². The predicted molar refractivity (Wildman–Crippen MR) is 177 cm³/mol. The Morgan fingerprint density at radius 2 is 1.52 bits per heavy atom. The van der Waals surface area contributed by atoms with Crippen LogP contribution >= 0.6 is 0 Å². The molecule has 18 atom stereocenters. The highest BCUT2D eigenvalue weighted by Crippen LogP contribution is 2.54. The molecule has 11 heteroatoms. The second kappa shape index (κ2) is 13.4. The van der Waals surface area contributed by atoms with Gasteiger partial charge in [-0.25, -0.2) is 0 Å². The Morgan fingerprint density at radius 3 is 2.36 bits per heavy atom. The summed E-state index contributed by atoms with van der Waals surface area (Å²) in [4.78, 5) is 25.6. The summed E-state index contributed by atoms with van der Waals surface area (Å²) in [7, 11) is 1.64. The molecule has 0 saturated carbocycles. The Kier molecular flexibility index (Phi) is 9.17. The third-order valence-electron chi connectivity index (χ3n) is 13.5. The van der Waals surface area contributed by atoms with E-state index in [0.717, 1.165) is 62.4 Å². The first-order valence-electron chi connectivity index (χ1n) is 19.3. The zero-order valence-electron chi connectivity index (χ0n) is 29.5. The summed E-state index contributed by atoms with van der Waals surface area (Å²) in [5, 5.41) is 0. The first-order chi connectivity index (χ1) is 24.2. The molecule has 10 saturated heterocycles. The summed E-state index contributed by atoms with van der Waals surface area (Å²) < 4.78 is 59.6. The van der Waals surface area contributed by atoms with E-state index in [1.165, 1.54) is 0 Å². The molecule has 0 radical (unpaired) electrons. The average molecular weight is 699 g/mol. The van der Waals surface area contributed by atoms with Crippen LogP contribution < -0.4 is 0 Å². The van der Waals surface area contributed by atoms with Crippen molar-refractivity contribution in [3.05, 3.63) is 24.3 Å². The zero-order valence-corrected chi connectivity index (χ0v) is 29.5. The quantitative estimate of drug-likeness (QED) is 0.310. The number of fused-ring (bicyclic) bond motifs is 6. The SMILES string of the molecule is C=C1CC2CC[C@@]34C[C@H]5O[C@@H]6[C@@H](OC7CC[C@H](CC(=O)CC8[C@H](CC9OC(CCC1O2)CC(C)C9=C)O[C@H](CC=O)[C@@H]8OC)O[C@@H]7[C@@H]6O3)[C@H]5O4. The molecule has 11 nitrogen and oxygen atoms in total. The van der Waals surface area contributed by atoms with Crippen LogP contribution in [0.3, 0.4) is 0 Å². The van der Waals surface area contributed by atoms with E-state index in [-0.39, 0.29) is 122 Å². The molecule has 10 fully saturated rings. The monoisotopic (exact) mass is 698 g/mol. The Morgan fingerprint density at radius 1 is 0.760 bits per heavy atom. The standard InChI is InChI=1S/C39H54O11/c1-19-13-23-5-7-27-20(2)14-25(43-27)9-11-39-18-32-35(49-39)36-37(48-32)38(50-39)34-28(47-36)8-6-24(45-34)15-22(41)16-26-31(17-30(44-23)21(19)3)46-29(10-12-40)33(26)42-4/h12,19,23-38H,2-3,5-11,13-18H2,1,4H3/t19?,23?,24-,25?,26?,27?,28?,29-,30?,31+,32-,33-,34+,35+,36+,37-,38+,39+/m1/s1. The van der Waals surface area contributed by atoms with Gasteiger partial charge in [0.2, 0.25) is 0 Å². The van der Waals surface area contributed by atoms with Crippen molar-refractivity contribution in [3.8, 4) is 0 Å². The number of aldehydes is 1. The number of ketones is 1. The topological polar surface area (TPSA) is 117 Å². The van der Waals surface area contributed by atoms with Crippen LogP contribution in [-0.2, 0) is 52.2 Å². The van der Waals surface area contributed by atoms with Crippen LogP contribution in [0.2, 0.25) is 0 Å². The van der Waals surface area contributed by atoms with E-state index < -0.39 is 11.9 Å². The van der Waals surface area contributed by atoms with Crippen LogP contribution in [0, 0.1) is 11.8 Å². The minimum absolute atomic E-state index is 0.0117. The largest absolute Gasteiger partial charge is 0.378 e. The fraction of sp³-hybridized carbons (Fsp3) is 0.846. The molecule has 12 bridgehead atoms. The molecule has 0 aromatic carbocycles. The van der Waals surface area contributed by atoms with E-state index in [0.29, 0.717) is 19.3 Å². The third kappa shape index (κ3) is 6.00. The molecular formula is C39H54O11. The molecule has 0 amide bonds. The van der Waals surface area contributed by atoms with Crippen molar-refractivity contribution >= 4 is 12.1 Å². The molecular weight excluding hydrogens is 644 g/mol. The van der Waals surface area contributed by atoms with E-state index in [1.54, 1.807) is 7.11 Å². The number of carbonyl (C=O) groups is 2. The molecule has 10 heterocycles. The minimum Gasteiger partial charge on any atom is -0.378 e. The van der Waals surface area contributed by atoms with Crippen molar-refractivity contribution in [1.29, 1.82) is 0 Å². The van der Waals surface area contributed by atoms with Crippen LogP contribution in [0.15, 0.2) is 24.3 Å². The van der Waals surface area contributed by atoms with Gasteiger partial charge in [-0.1, -0.05) is 20.1 Å². The van der Waals surface area contributed by atoms with E-state index in [1.807, 2.05) is 0 Å². The van der Waals surface area contributed by atoms with Crippen LogP contribution in [0.1, 0.15) is 90.4 Å². The van der Waals surface area contributed by atoms with Crippen molar-refractivity contribution < 1.29 is 52.2 Å². The molecule has 7 unspecified atom stereocenters. The van der Waals surface area contributed by atoms with Crippen LogP contribution in [0.25, 0.3) is 0 Å². The van der Waals surface area contributed by atoms with E-state index >= 15 is 0 Å². The summed E-state index contributed by atoms with van der Waals surface area (Å²) in [6, 6.07) is 0. The fourth-order valence-corrected chi connectivity index (χ4v) is 11.0. The Hall–Kier alpha value is -1.54. The highest BCUT2D eigenvalue weighted by atomic mass is 16.8. The fourth-order valence-electron chi connectivity index (χ4n) is 11.0. The lowest BCUT2D eigenvalue weighted by molar-refractivity contribution is -0.292. The van der Waals surface area contributed by atoms with Crippen molar-refractivity contribution in [2.24, 2.45) is 11.8 Å². The molecule has 1 spiro atoms. The Balaban J connectivity index is 0.996. The molecule has 0 aromatic rings. The number of rotatable bonds is 3. The molecule has 0 N–H and O–H groups in total. The van der Waals surface area contributed by atoms with Gasteiger partial charge in [-0.2, -0.15) is 0 Å². The highest BCUT2D eigenvalue weighted by molar-refractivity contribution is 5.79. The number of hydrogen-bond acceptors (Lipinski definition) is 11. The van der Waals surface area contributed by atoms with Crippen LogP contribution in [0.5, 0.6) is 0 Å². The van der Waals surface area contributed by atoms with Gasteiger partial charge in [0, 0.05) is 51.6 Å². The van der Waals surface area contributed by atoms with Crippen LogP contribution in [0.4, 0.5) is 0 Å². The lowest BCUT2D eigenvalue weighted by atomic mass is 9.81. The number of ether oxygens (including phenoxy) is 9. The summed E-state index contributed by atoms with van der Waals surface area (Å²) in [6.45, 7) is 11.1. The normalized spacial score (nSPS) is 53.2. The average Bonchev–Trinajstić information content (AvgIpc) is 3.76. The second-order valence-electron chi connectivity index (χ2n) is 16.7. The summed E-state index contributed by atoms with van der Waals surface area (Å²) in [6.07, 6.45) is 6.39. The van der Waals surface area contributed by atoms with E-state index in [4.69, 9.17) is 42.6 Å². The molecule has 10 rings (SSSR count). The van der Waals surface area contributed by atoms with Gasteiger partial charge >= 0.3 is 0 Å². The third-order valence-corrected chi connectivity index (χ3v) is 13.5. The predicted octanol–water partition coefficient (Wildman–Crippen LogP) is 4.32. The first kappa shape index (κ1) is 34.2. The summed E-state index contributed by atoms with van der Waals surface area (Å²) >= 11 is 0. The van der Waals surface area contributed by atoms with Gasteiger partial charge in [0.1, 0.15) is 42.6 Å². The van der Waals surface area contributed by atoms with Crippen molar-refractivity contribution in [1.82, 2.24) is 0 Å². The number of Topliss-reactive ketones (excluding diaryl/α,β-unsaturated/α-hetero) is 1. The number of carbonyl (C=O) groups excluding carboxylic acids is 2. The minimum atomic E-state index is -0.776. The second-order valence-corrected chi connectivity index (χ2v) is 16.7. The number of hydrogen-bond donors (Lipinski definition) is 0. The molecule has 50 heavy (non-hydrogen) atoms.